The highest BCUT2D eigenvalue weighted by Crippen LogP contribution is 2.45. The lowest BCUT2D eigenvalue weighted by Crippen LogP contribution is -2.20. The van der Waals surface area contributed by atoms with Gasteiger partial charge in [0.15, 0.2) is 11.6 Å². The summed E-state index contributed by atoms with van der Waals surface area (Å²) in [5, 5.41) is 41.5. The molecule has 3 unspecified atom stereocenters. The topological polar surface area (TPSA) is 130 Å². The Kier molecular flexibility index (Phi) is 11.7. The maximum absolute atomic E-state index is 16.7. The number of anilines is 5. The van der Waals surface area contributed by atoms with Gasteiger partial charge in [0.1, 0.15) is 11.5 Å². The fourth-order valence-electron chi connectivity index (χ4n) is 9.95. The van der Waals surface area contributed by atoms with Crippen molar-refractivity contribution < 1.29 is 8.78 Å². The molecule has 15 heteroatoms. The number of aryl methyl sites for hydroxylation is 4. The third kappa shape index (κ3) is 7.92. The summed E-state index contributed by atoms with van der Waals surface area (Å²) in [6.07, 6.45) is 1.47. The van der Waals surface area contributed by atoms with Gasteiger partial charge in [0, 0.05) is 86.2 Å². The summed E-state index contributed by atoms with van der Waals surface area (Å²) >= 11 is 0. The zero-order valence-corrected chi connectivity index (χ0v) is 40.9. The fourth-order valence-corrected chi connectivity index (χ4v) is 9.95. The molecule has 4 aromatic heterocycles. The molecular weight excluding hydrogens is 857 g/mol. The summed E-state index contributed by atoms with van der Waals surface area (Å²) in [7, 11) is 9.46. The molecule has 0 radical (unpaired) electrons. The first-order chi connectivity index (χ1) is 32.4. The van der Waals surface area contributed by atoms with E-state index in [1.54, 1.807) is 16.4 Å². The zero-order chi connectivity index (χ0) is 48.5. The Labute approximate surface area is 396 Å². The Bertz CT molecular complexity index is 3280. The normalized spacial score (nSPS) is 14.2. The number of rotatable bonds is 13. The molecule has 0 aliphatic carbocycles. The minimum Gasteiger partial charge on any atom is -0.388 e. The second kappa shape index (κ2) is 17.3. The molecule has 3 N–H and O–H groups in total. The first kappa shape index (κ1) is 45.7. The van der Waals surface area contributed by atoms with Crippen molar-refractivity contribution in [3.63, 3.8) is 0 Å². The van der Waals surface area contributed by atoms with Crippen LogP contribution in [0.2, 0.25) is 0 Å². The van der Waals surface area contributed by atoms with Crippen LogP contribution in [-0.2, 0) is 20.0 Å². The monoisotopic (exact) mass is 915 g/mol. The lowest BCUT2D eigenvalue weighted by Gasteiger charge is -2.23. The van der Waals surface area contributed by atoms with Crippen molar-refractivity contribution in [2.75, 3.05) is 46.9 Å². The van der Waals surface area contributed by atoms with E-state index in [9.17, 15) is 0 Å². The number of aromatic nitrogens is 8. The molecule has 3 atom stereocenters. The van der Waals surface area contributed by atoms with Crippen LogP contribution in [0.1, 0.15) is 90.1 Å². The standard InChI is InChI=1S/C53H59F2N13/c1-28(40-22-43-41(23-46(40)56-9)33(6)59-61-51(43)57-31(4)36-16-14-18-38(29(36)2)45-20-21-65(10)63-45)27-53(54,55)50-26-47(68(13)64-50)39-19-15-17-37(30(39)3)32(5)58-52-44-25-49-48(66(11)35(8)67(49)12)24-42(44)34(7)60-62-52/h14-26,28,31-32,56H,8,27H2,1-7,9-13H3,(H,57,61)(H,58,62). The zero-order valence-electron chi connectivity index (χ0n) is 40.9. The van der Waals surface area contributed by atoms with Gasteiger partial charge < -0.3 is 25.8 Å². The third-order valence-corrected chi connectivity index (χ3v) is 14.0. The molecule has 13 nitrogen and oxygen atoms in total. The number of fused-ring (bicyclic) bond motifs is 3. The maximum Gasteiger partial charge on any atom is 0.292 e. The van der Waals surface area contributed by atoms with Gasteiger partial charge in [-0.05, 0) is 112 Å². The van der Waals surface area contributed by atoms with Crippen LogP contribution in [0.3, 0.4) is 0 Å². The van der Waals surface area contributed by atoms with Crippen LogP contribution in [0.25, 0.3) is 44.1 Å². The van der Waals surface area contributed by atoms with E-state index in [0.29, 0.717) is 17.3 Å². The van der Waals surface area contributed by atoms with Crippen LogP contribution in [0.15, 0.2) is 91.4 Å². The van der Waals surface area contributed by atoms with Crippen LogP contribution in [0, 0.1) is 27.7 Å². The van der Waals surface area contributed by atoms with E-state index in [4.69, 9.17) is 0 Å². The Morgan fingerprint density at radius 3 is 1.76 bits per heavy atom. The Hall–Kier alpha value is -7.42. The predicted molar refractivity (Wildman–Crippen MR) is 272 cm³/mol. The van der Waals surface area contributed by atoms with E-state index >= 15 is 8.78 Å². The van der Waals surface area contributed by atoms with Crippen molar-refractivity contribution >= 4 is 50.2 Å². The molecule has 0 bridgehead atoms. The number of alkyl halides is 2. The molecule has 1 aliphatic heterocycles. The molecular formula is C53H59F2N13. The summed E-state index contributed by atoms with van der Waals surface area (Å²) in [6, 6.07) is 23.6. The quantitative estimate of drug-likeness (QED) is 0.102. The minimum atomic E-state index is -3.26. The average molecular weight is 916 g/mol. The lowest BCUT2D eigenvalue weighted by atomic mass is 9.89. The van der Waals surface area contributed by atoms with Gasteiger partial charge in [0.05, 0.1) is 46.2 Å². The number of hydrogen-bond donors (Lipinski definition) is 3. The molecule has 0 fully saturated rings. The smallest absolute Gasteiger partial charge is 0.292 e. The number of hydrogen-bond acceptors (Lipinski definition) is 11. The van der Waals surface area contributed by atoms with Crippen LogP contribution < -0.4 is 25.8 Å². The number of benzene rings is 4. The molecule has 350 valence electrons. The second-order valence-electron chi connectivity index (χ2n) is 18.4. The van der Waals surface area contributed by atoms with E-state index < -0.39 is 18.3 Å². The summed E-state index contributed by atoms with van der Waals surface area (Å²) in [5.41, 5.74) is 12.4. The molecule has 0 saturated carbocycles. The summed E-state index contributed by atoms with van der Waals surface area (Å²) in [5.74, 6) is -1.70. The van der Waals surface area contributed by atoms with Crippen molar-refractivity contribution in [2.45, 2.75) is 78.8 Å². The highest BCUT2D eigenvalue weighted by Gasteiger charge is 2.38. The first-order valence-electron chi connectivity index (χ1n) is 23.0. The van der Waals surface area contributed by atoms with E-state index in [1.165, 1.54) is 6.07 Å². The first-order valence-corrected chi connectivity index (χ1v) is 23.0. The molecule has 4 aromatic carbocycles. The van der Waals surface area contributed by atoms with Crippen LogP contribution in [-0.4, -0.2) is 61.1 Å². The van der Waals surface area contributed by atoms with Gasteiger partial charge in [-0.15, -0.1) is 10.2 Å². The molecule has 1 aliphatic rings. The van der Waals surface area contributed by atoms with Gasteiger partial charge in [0.2, 0.25) is 0 Å². The van der Waals surface area contributed by atoms with Crippen LogP contribution >= 0.6 is 0 Å². The van der Waals surface area contributed by atoms with Gasteiger partial charge in [0.25, 0.3) is 5.92 Å². The van der Waals surface area contributed by atoms with Crippen molar-refractivity contribution in [3.8, 4) is 22.5 Å². The van der Waals surface area contributed by atoms with E-state index in [2.05, 4.69) is 114 Å². The summed E-state index contributed by atoms with van der Waals surface area (Å²) in [4.78, 5) is 4.14. The SMILES string of the molecule is C=C1N(C)c2cc3c(C)nnc(NC(C)c4cccc(-c5cc(C(F)(F)CC(C)c6cc7c(NC(C)c8cccc(-c9ccn(C)n9)c8C)nnc(C)c7cc6NC)nn5C)c4C)c3cc2N1C. The Morgan fingerprint density at radius 2 is 1.19 bits per heavy atom. The average Bonchev–Trinajstić information content (AvgIpc) is 3.99. The van der Waals surface area contributed by atoms with Crippen molar-refractivity contribution in [2.24, 2.45) is 14.1 Å². The Balaban J connectivity index is 0.973. The largest absolute Gasteiger partial charge is 0.388 e. The van der Waals surface area contributed by atoms with E-state index in [-0.39, 0.29) is 17.8 Å². The molecule has 68 heavy (non-hydrogen) atoms. The highest BCUT2D eigenvalue weighted by atomic mass is 19.3. The number of nitrogens with zero attached hydrogens (tertiary/aromatic N) is 10. The molecule has 8 aromatic rings. The predicted octanol–water partition coefficient (Wildman–Crippen LogP) is 11.6. The third-order valence-electron chi connectivity index (χ3n) is 14.0. The van der Waals surface area contributed by atoms with Crippen LogP contribution in [0.4, 0.5) is 37.5 Å². The number of nitrogens with one attached hydrogen (secondary N) is 3. The van der Waals surface area contributed by atoms with Crippen LogP contribution in [0.5, 0.6) is 0 Å². The van der Waals surface area contributed by atoms with Gasteiger partial charge >= 0.3 is 0 Å². The van der Waals surface area contributed by atoms with Crippen molar-refractivity contribution in [3.05, 3.63) is 136 Å². The Morgan fingerprint density at radius 1 is 0.647 bits per heavy atom. The molecule has 5 heterocycles. The fraction of sp³-hybridized carbons (Fsp3) is 0.321. The van der Waals surface area contributed by atoms with Crippen molar-refractivity contribution in [1.29, 1.82) is 0 Å². The molecule has 0 amide bonds. The second-order valence-corrected chi connectivity index (χ2v) is 18.4. The van der Waals surface area contributed by atoms with Gasteiger partial charge in [-0.2, -0.15) is 29.2 Å². The number of halogens is 2. The maximum atomic E-state index is 16.7. The van der Waals surface area contributed by atoms with E-state index in [0.717, 1.165) is 100 Å². The van der Waals surface area contributed by atoms with E-state index in [1.807, 2.05) is 98.5 Å². The molecule has 0 spiro atoms. The highest BCUT2D eigenvalue weighted by molar-refractivity contribution is 6.02. The lowest BCUT2D eigenvalue weighted by molar-refractivity contribution is -0.0236. The summed E-state index contributed by atoms with van der Waals surface area (Å²) in [6.45, 7) is 18.2. The summed E-state index contributed by atoms with van der Waals surface area (Å²) < 4.78 is 36.8. The van der Waals surface area contributed by atoms with Gasteiger partial charge in [-0.1, -0.05) is 49.9 Å². The van der Waals surface area contributed by atoms with Crippen molar-refractivity contribution in [1.82, 2.24) is 40.0 Å². The molecule has 9 rings (SSSR count). The molecule has 0 saturated heterocycles. The van der Waals surface area contributed by atoms with Gasteiger partial charge in [-0.3, -0.25) is 9.36 Å². The van der Waals surface area contributed by atoms with Gasteiger partial charge in [-0.25, -0.2) is 0 Å². The minimum absolute atomic E-state index is 0.148.